The summed E-state index contributed by atoms with van der Waals surface area (Å²) < 4.78 is 16.6. The van der Waals surface area contributed by atoms with Gasteiger partial charge in [0.05, 0.1) is 20.3 Å². The van der Waals surface area contributed by atoms with Crippen LogP contribution in [0, 0.1) is 0 Å². The molecule has 0 saturated carbocycles. The molecule has 0 aliphatic heterocycles. The molecule has 0 unspecified atom stereocenters. The van der Waals surface area contributed by atoms with Gasteiger partial charge in [-0.25, -0.2) is 0 Å². The lowest BCUT2D eigenvalue weighted by Gasteiger charge is -2.12. The summed E-state index contributed by atoms with van der Waals surface area (Å²) in [4.78, 5) is 4.55. The Morgan fingerprint density at radius 1 is 1.00 bits per heavy atom. The number of unbranched alkanes of at least 4 members (excludes halogenated alkanes) is 1. The van der Waals surface area contributed by atoms with Gasteiger partial charge in [-0.1, -0.05) is 31.5 Å². The Hall–Kier alpha value is -1.06. The van der Waals surface area contributed by atoms with Gasteiger partial charge in [-0.2, -0.15) is 0 Å². The Balaban J connectivity index is 0.00000676. The number of aliphatic imine (C=N–C) groups is 1. The zero-order valence-corrected chi connectivity index (χ0v) is 19.3. The number of rotatable bonds is 14. The number of methoxy groups -OCH3 is 1. The zero-order valence-electron chi connectivity index (χ0n) is 17.0. The third-order valence-corrected chi connectivity index (χ3v) is 3.69. The molecular formula is C20H36IN3O3. The van der Waals surface area contributed by atoms with Crippen molar-refractivity contribution in [1.29, 1.82) is 0 Å². The highest BCUT2D eigenvalue weighted by Crippen LogP contribution is 2.17. The molecule has 0 radical (unpaired) electrons. The summed E-state index contributed by atoms with van der Waals surface area (Å²) in [5.74, 6) is 1.68. The fraction of sp³-hybridized carbons (Fsp3) is 0.650. The van der Waals surface area contributed by atoms with Crippen LogP contribution < -0.4 is 15.4 Å². The molecule has 0 aliphatic carbocycles. The molecule has 1 aromatic carbocycles. The van der Waals surface area contributed by atoms with E-state index in [-0.39, 0.29) is 24.0 Å². The average molecular weight is 493 g/mol. The molecular weight excluding hydrogens is 457 g/mol. The van der Waals surface area contributed by atoms with E-state index in [0.29, 0.717) is 19.8 Å². The van der Waals surface area contributed by atoms with Crippen molar-refractivity contribution in [3.8, 4) is 5.75 Å². The van der Waals surface area contributed by atoms with Gasteiger partial charge in [0.1, 0.15) is 5.75 Å². The molecule has 0 aliphatic rings. The molecule has 0 amide bonds. The van der Waals surface area contributed by atoms with E-state index >= 15 is 0 Å². The van der Waals surface area contributed by atoms with Gasteiger partial charge >= 0.3 is 0 Å². The summed E-state index contributed by atoms with van der Waals surface area (Å²) in [6.45, 7) is 9.27. The first-order valence-corrected chi connectivity index (χ1v) is 9.61. The normalized spacial score (nSPS) is 11.0. The van der Waals surface area contributed by atoms with Gasteiger partial charge in [0.25, 0.3) is 0 Å². The fourth-order valence-corrected chi connectivity index (χ4v) is 2.29. The number of benzene rings is 1. The van der Waals surface area contributed by atoms with Crippen LogP contribution in [-0.2, 0) is 16.1 Å². The Bertz CT molecular complexity index is 501. The molecule has 156 valence electrons. The third-order valence-electron chi connectivity index (χ3n) is 3.69. The third kappa shape index (κ3) is 12.9. The van der Waals surface area contributed by atoms with E-state index in [4.69, 9.17) is 14.2 Å². The van der Waals surface area contributed by atoms with E-state index in [0.717, 1.165) is 56.4 Å². The minimum absolute atomic E-state index is 0. The predicted molar refractivity (Wildman–Crippen MR) is 122 cm³/mol. The largest absolute Gasteiger partial charge is 0.496 e. The highest BCUT2D eigenvalue weighted by atomic mass is 127. The Morgan fingerprint density at radius 2 is 1.78 bits per heavy atom. The topological polar surface area (TPSA) is 64.1 Å². The summed E-state index contributed by atoms with van der Waals surface area (Å²) in [7, 11) is 1.67. The number of halogens is 1. The highest BCUT2D eigenvalue weighted by Gasteiger charge is 2.02. The van der Waals surface area contributed by atoms with E-state index < -0.39 is 0 Å². The summed E-state index contributed by atoms with van der Waals surface area (Å²) in [5, 5.41) is 6.53. The second kappa shape index (κ2) is 18.3. The fourth-order valence-electron chi connectivity index (χ4n) is 2.29. The van der Waals surface area contributed by atoms with Crippen molar-refractivity contribution in [1.82, 2.24) is 10.6 Å². The van der Waals surface area contributed by atoms with Gasteiger partial charge in [-0.05, 0) is 25.8 Å². The number of ether oxygens (including phenoxy) is 3. The first kappa shape index (κ1) is 25.9. The Kier molecular flexibility index (Phi) is 17.6. The number of guanidine groups is 1. The van der Waals surface area contributed by atoms with Crippen LogP contribution in [0.25, 0.3) is 0 Å². The van der Waals surface area contributed by atoms with Crippen LogP contribution in [0.3, 0.4) is 0 Å². The van der Waals surface area contributed by atoms with Gasteiger partial charge in [0.15, 0.2) is 5.96 Å². The van der Waals surface area contributed by atoms with Gasteiger partial charge in [0, 0.05) is 38.4 Å². The maximum atomic E-state index is 5.73. The minimum atomic E-state index is 0. The lowest BCUT2D eigenvalue weighted by molar-refractivity contribution is 0.123. The monoisotopic (exact) mass is 493 g/mol. The van der Waals surface area contributed by atoms with Gasteiger partial charge in [-0.3, -0.25) is 4.99 Å². The molecule has 0 bridgehead atoms. The Morgan fingerprint density at radius 3 is 2.52 bits per heavy atom. The number of nitrogens with one attached hydrogen (secondary N) is 2. The van der Waals surface area contributed by atoms with Crippen molar-refractivity contribution in [2.45, 2.75) is 39.7 Å². The van der Waals surface area contributed by atoms with Crippen molar-refractivity contribution < 1.29 is 14.2 Å². The lowest BCUT2D eigenvalue weighted by Crippen LogP contribution is -2.39. The number of nitrogens with zero attached hydrogens (tertiary/aromatic N) is 1. The molecule has 0 spiro atoms. The van der Waals surface area contributed by atoms with Gasteiger partial charge < -0.3 is 24.8 Å². The molecule has 27 heavy (non-hydrogen) atoms. The quantitative estimate of drug-likeness (QED) is 0.180. The van der Waals surface area contributed by atoms with Crippen LogP contribution in [0.5, 0.6) is 5.75 Å². The Labute approximate surface area is 181 Å². The highest BCUT2D eigenvalue weighted by molar-refractivity contribution is 14.0. The van der Waals surface area contributed by atoms with E-state index in [2.05, 4.69) is 29.5 Å². The standard InChI is InChI=1S/C20H35N3O3.HI/c1-4-6-14-25-15-9-12-22-20(21-5-2)23-13-16-26-17-18-10-7-8-11-19(18)24-3;/h7-8,10-11H,4-6,9,12-17H2,1-3H3,(H2,21,22,23);1H. The molecule has 1 rings (SSSR count). The summed E-state index contributed by atoms with van der Waals surface area (Å²) in [5.41, 5.74) is 1.05. The van der Waals surface area contributed by atoms with Crippen molar-refractivity contribution >= 4 is 29.9 Å². The van der Waals surface area contributed by atoms with E-state index in [1.807, 2.05) is 24.3 Å². The second-order valence-corrected chi connectivity index (χ2v) is 5.87. The van der Waals surface area contributed by atoms with Crippen molar-refractivity contribution in [3.05, 3.63) is 29.8 Å². The van der Waals surface area contributed by atoms with Crippen molar-refractivity contribution in [3.63, 3.8) is 0 Å². The summed E-state index contributed by atoms with van der Waals surface area (Å²) >= 11 is 0. The van der Waals surface area contributed by atoms with Crippen LogP contribution in [0.4, 0.5) is 0 Å². The van der Waals surface area contributed by atoms with Gasteiger partial charge in [-0.15, -0.1) is 24.0 Å². The van der Waals surface area contributed by atoms with E-state index in [1.54, 1.807) is 7.11 Å². The van der Waals surface area contributed by atoms with Gasteiger partial charge in [0.2, 0.25) is 0 Å². The van der Waals surface area contributed by atoms with E-state index in [1.165, 1.54) is 6.42 Å². The van der Waals surface area contributed by atoms with Crippen molar-refractivity contribution in [2.75, 3.05) is 46.6 Å². The maximum absolute atomic E-state index is 5.73. The molecule has 1 aromatic rings. The van der Waals surface area contributed by atoms with Crippen LogP contribution >= 0.6 is 24.0 Å². The molecule has 0 heterocycles. The van der Waals surface area contributed by atoms with Crippen LogP contribution in [0.15, 0.2) is 29.3 Å². The first-order valence-electron chi connectivity index (χ1n) is 9.61. The SMILES string of the molecule is CCCCOCCCN=C(NCC)NCCOCc1ccccc1OC.I. The maximum Gasteiger partial charge on any atom is 0.191 e. The summed E-state index contributed by atoms with van der Waals surface area (Å²) in [6.07, 6.45) is 3.23. The molecule has 0 aromatic heterocycles. The lowest BCUT2D eigenvalue weighted by atomic mass is 10.2. The molecule has 7 heteroatoms. The minimum Gasteiger partial charge on any atom is -0.496 e. The number of hydrogen-bond acceptors (Lipinski definition) is 4. The number of hydrogen-bond donors (Lipinski definition) is 2. The molecule has 0 atom stereocenters. The van der Waals surface area contributed by atoms with Crippen LogP contribution in [-0.4, -0.2) is 52.5 Å². The smallest absolute Gasteiger partial charge is 0.191 e. The molecule has 6 nitrogen and oxygen atoms in total. The van der Waals surface area contributed by atoms with E-state index in [9.17, 15) is 0 Å². The number of para-hydroxylation sites is 1. The molecule has 2 N–H and O–H groups in total. The molecule has 0 saturated heterocycles. The van der Waals surface area contributed by atoms with Crippen molar-refractivity contribution in [2.24, 2.45) is 4.99 Å². The zero-order chi connectivity index (χ0) is 18.9. The van der Waals surface area contributed by atoms with Crippen LogP contribution in [0.1, 0.15) is 38.7 Å². The summed E-state index contributed by atoms with van der Waals surface area (Å²) in [6, 6.07) is 7.90. The first-order chi connectivity index (χ1) is 12.8. The predicted octanol–water partition coefficient (Wildman–Crippen LogP) is 3.59. The second-order valence-electron chi connectivity index (χ2n) is 5.87. The molecule has 0 fully saturated rings. The average Bonchev–Trinajstić information content (AvgIpc) is 2.67. The van der Waals surface area contributed by atoms with Crippen LogP contribution in [0.2, 0.25) is 0 Å².